The van der Waals surface area contributed by atoms with Crippen LogP contribution in [0.1, 0.15) is 22.3 Å². The van der Waals surface area contributed by atoms with Crippen LogP contribution in [0.5, 0.6) is 0 Å². The van der Waals surface area contributed by atoms with Gasteiger partial charge in [0.2, 0.25) is 0 Å². The van der Waals surface area contributed by atoms with E-state index in [1.165, 1.54) is 64.5 Å². The Morgan fingerprint density at radius 3 is 1.57 bits per heavy atom. The fourth-order valence-corrected chi connectivity index (χ4v) is 12.5. The summed E-state index contributed by atoms with van der Waals surface area (Å²) in [5.74, 6) is 1.84. The van der Waals surface area contributed by atoms with Crippen LogP contribution in [-0.2, 0) is 5.41 Å². The lowest BCUT2D eigenvalue weighted by molar-refractivity contribution is 0.768. The highest BCUT2D eigenvalue weighted by Crippen LogP contribution is 2.56. The Balaban J connectivity index is 1.03. The maximum atomic E-state index is 5.64. The van der Waals surface area contributed by atoms with Gasteiger partial charge in [-0.05, 0) is 102 Å². The summed E-state index contributed by atoms with van der Waals surface area (Å²) < 4.78 is 2.40. The van der Waals surface area contributed by atoms with Gasteiger partial charge in [-0.25, -0.2) is 15.0 Å². The van der Waals surface area contributed by atoms with Gasteiger partial charge in [-0.3, -0.25) is 0 Å². The summed E-state index contributed by atoms with van der Waals surface area (Å²) in [6.45, 7) is 0. The normalized spacial score (nSPS) is 12.6. The number of aromatic nitrogens is 3. The van der Waals surface area contributed by atoms with Gasteiger partial charge in [-0.1, -0.05) is 237 Å². The van der Waals surface area contributed by atoms with E-state index < -0.39 is 5.41 Å². The first-order chi connectivity index (χ1) is 35.7. The Labute approximate surface area is 422 Å². The molecule has 0 aliphatic heterocycles. The lowest BCUT2D eigenvalue weighted by Crippen LogP contribution is -2.28. The number of rotatable bonds is 8. The minimum Gasteiger partial charge on any atom is -0.208 e. The molecule has 0 radical (unpaired) electrons. The molecule has 3 nitrogen and oxygen atoms in total. The van der Waals surface area contributed by atoms with E-state index in [-0.39, 0.29) is 0 Å². The van der Waals surface area contributed by atoms with Crippen molar-refractivity contribution in [2.75, 3.05) is 0 Å². The Bertz CT molecular complexity index is 4160. The molecule has 13 aromatic rings. The van der Waals surface area contributed by atoms with Crippen LogP contribution in [0, 0.1) is 0 Å². The molecule has 11 aromatic carbocycles. The van der Waals surface area contributed by atoms with Crippen LogP contribution in [0.25, 0.3) is 110 Å². The topological polar surface area (TPSA) is 38.7 Å². The molecule has 0 atom stereocenters. The Kier molecular flexibility index (Phi) is 9.94. The molecule has 1 aliphatic rings. The molecule has 0 fully saturated rings. The van der Waals surface area contributed by atoms with E-state index in [0.29, 0.717) is 17.5 Å². The maximum Gasteiger partial charge on any atom is 0.165 e. The summed E-state index contributed by atoms with van der Waals surface area (Å²) in [6.07, 6.45) is 0. The summed E-state index contributed by atoms with van der Waals surface area (Å²) in [7, 11) is 0. The Morgan fingerprint density at radius 1 is 0.292 bits per heavy atom. The first-order valence-electron chi connectivity index (χ1n) is 24.5. The van der Waals surface area contributed by atoms with E-state index in [0.717, 1.165) is 49.9 Å². The number of hydrogen-bond acceptors (Lipinski definition) is 4. The summed E-state index contributed by atoms with van der Waals surface area (Å²) in [6, 6.07) is 94.2. The first kappa shape index (κ1) is 41.8. The van der Waals surface area contributed by atoms with Crippen LogP contribution in [0.4, 0.5) is 0 Å². The lowest BCUT2D eigenvalue weighted by Gasteiger charge is -2.34. The van der Waals surface area contributed by atoms with Crippen LogP contribution in [0.3, 0.4) is 0 Å². The predicted octanol–water partition coefficient (Wildman–Crippen LogP) is 17.8. The zero-order chi connectivity index (χ0) is 47.6. The van der Waals surface area contributed by atoms with Crippen molar-refractivity contribution in [2.24, 2.45) is 0 Å². The quantitative estimate of drug-likeness (QED) is 0.152. The van der Waals surface area contributed by atoms with Gasteiger partial charge in [0.05, 0.1) is 5.41 Å². The highest BCUT2D eigenvalue weighted by atomic mass is 32.1. The van der Waals surface area contributed by atoms with E-state index in [1.807, 2.05) is 0 Å². The standard InChI is InChI=1S/C68H43N3S/c1-3-18-44(19-4-1)45-36-38-47(39-37-45)55-40-41-62-63(58-31-11-14-35-61(58)72-62)64(55)67-70-65(49-23-15-22-48(42-49)54-32-17-21-46-20-7-8-28-53(46)54)69-66(71-67)50-24-16-27-52(43-50)68(51-25-5-2-6-26-51)59-33-12-9-29-56(59)57-30-10-13-34-60(57)68/h1-43H. The van der Waals surface area contributed by atoms with Crippen molar-refractivity contribution in [3.05, 3.63) is 283 Å². The number of benzene rings is 11. The van der Waals surface area contributed by atoms with Gasteiger partial charge in [0.25, 0.3) is 0 Å². The number of fused-ring (bicyclic) bond motifs is 7. The average Bonchev–Trinajstić information content (AvgIpc) is 4.00. The molecular formula is C68H43N3S. The fraction of sp³-hybridized carbons (Fsp3) is 0.0147. The molecule has 0 N–H and O–H groups in total. The van der Waals surface area contributed by atoms with Gasteiger partial charge >= 0.3 is 0 Å². The molecule has 0 bridgehead atoms. The maximum absolute atomic E-state index is 5.64. The van der Waals surface area contributed by atoms with Gasteiger partial charge < -0.3 is 0 Å². The number of hydrogen-bond donors (Lipinski definition) is 0. The largest absolute Gasteiger partial charge is 0.208 e. The van der Waals surface area contributed by atoms with Gasteiger partial charge in [-0.15, -0.1) is 11.3 Å². The van der Waals surface area contributed by atoms with Crippen molar-refractivity contribution in [3.63, 3.8) is 0 Å². The molecule has 0 amide bonds. The van der Waals surface area contributed by atoms with Gasteiger partial charge in [0.1, 0.15) is 0 Å². The van der Waals surface area contributed by atoms with Crippen molar-refractivity contribution in [3.8, 4) is 78.7 Å². The van der Waals surface area contributed by atoms with Crippen molar-refractivity contribution < 1.29 is 0 Å². The Hall–Kier alpha value is -9.09. The van der Waals surface area contributed by atoms with E-state index in [9.17, 15) is 0 Å². The van der Waals surface area contributed by atoms with E-state index >= 15 is 0 Å². The second-order valence-corrected chi connectivity index (χ2v) is 19.7. The van der Waals surface area contributed by atoms with Crippen LogP contribution < -0.4 is 0 Å². The van der Waals surface area contributed by atoms with Gasteiger partial charge in [-0.2, -0.15) is 0 Å². The number of nitrogens with zero attached hydrogens (tertiary/aromatic N) is 3. The first-order valence-corrected chi connectivity index (χ1v) is 25.3. The predicted molar refractivity (Wildman–Crippen MR) is 300 cm³/mol. The molecule has 72 heavy (non-hydrogen) atoms. The van der Waals surface area contributed by atoms with Crippen molar-refractivity contribution in [1.82, 2.24) is 15.0 Å². The minimum atomic E-state index is -0.587. The molecule has 0 spiro atoms. The third-order valence-electron chi connectivity index (χ3n) is 14.6. The van der Waals surface area contributed by atoms with Crippen molar-refractivity contribution >= 4 is 42.3 Å². The smallest absolute Gasteiger partial charge is 0.165 e. The lowest BCUT2D eigenvalue weighted by atomic mass is 9.67. The van der Waals surface area contributed by atoms with Crippen LogP contribution >= 0.6 is 11.3 Å². The molecule has 14 rings (SSSR count). The monoisotopic (exact) mass is 933 g/mol. The number of thiophene rings is 1. The molecule has 1 aliphatic carbocycles. The molecule has 4 heteroatoms. The molecular weight excluding hydrogens is 891 g/mol. The van der Waals surface area contributed by atoms with E-state index in [4.69, 9.17) is 15.0 Å². The van der Waals surface area contributed by atoms with Crippen LogP contribution in [0.2, 0.25) is 0 Å². The van der Waals surface area contributed by atoms with Crippen LogP contribution in [-0.4, -0.2) is 15.0 Å². The SMILES string of the molecule is c1ccc(-c2ccc(-c3ccc4sc5ccccc5c4c3-c3nc(-c4cccc(-c5cccc6ccccc56)c4)nc(-c4cccc(C5(c6ccccc6)c6ccccc6-c6ccccc65)c4)n3)cc2)cc1. The average molecular weight is 934 g/mol. The second-order valence-electron chi connectivity index (χ2n) is 18.6. The van der Waals surface area contributed by atoms with Gasteiger partial charge in [0, 0.05) is 36.9 Å². The van der Waals surface area contributed by atoms with E-state index in [1.54, 1.807) is 11.3 Å². The molecule has 0 saturated carbocycles. The second kappa shape index (κ2) is 17.1. The summed E-state index contributed by atoms with van der Waals surface area (Å²) in [5.41, 5.74) is 16.4. The fourth-order valence-electron chi connectivity index (χ4n) is 11.4. The van der Waals surface area contributed by atoms with Crippen molar-refractivity contribution in [2.45, 2.75) is 5.41 Å². The van der Waals surface area contributed by atoms with Crippen LogP contribution in [0.15, 0.2) is 261 Å². The highest BCUT2D eigenvalue weighted by molar-refractivity contribution is 7.26. The Morgan fingerprint density at radius 2 is 0.806 bits per heavy atom. The molecule has 2 aromatic heterocycles. The minimum absolute atomic E-state index is 0.587. The van der Waals surface area contributed by atoms with E-state index in [2.05, 4.69) is 261 Å². The van der Waals surface area contributed by atoms with Crippen molar-refractivity contribution in [1.29, 1.82) is 0 Å². The third kappa shape index (κ3) is 6.75. The summed E-state index contributed by atoms with van der Waals surface area (Å²) in [4.78, 5) is 16.7. The third-order valence-corrected chi connectivity index (χ3v) is 15.8. The summed E-state index contributed by atoms with van der Waals surface area (Å²) in [5, 5.41) is 4.73. The molecule has 2 heterocycles. The summed E-state index contributed by atoms with van der Waals surface area (Å²) >= 11 is 1.81. The zero-order valence-electron chi connectivity index (χ0n) is 39.1. The highest BCUT2D eigenvalue weighted by Gasteiger charge is 2.46. The zero-order valence-corrected chi connectivity index (χ0v) is 39.9. The molecule has 336 valence electrons. The molecule has 0 saturated heterocycles. The van der Waals surface area contributed by atoms with Gasteiger partial charge in [0.15, 0.2) is 17.5 Å². The molecule has 0 unspecified atom stereocenters.